The number of anilines is 1. The molecule has 2 saturated heterocycles. The summed E-state index contributed by atoms with van der Waals surface area (Å²) >= 11 is 0. The summed E-state index contributed by atoms with van der Waals surface area (Å²) in [5, 5.41) is 9.67. The molecule has 2 aliphatic heterocycles. The predicted molar refractivity (Wildman–Crippen MR) is 131 cm³/mol. The zero-order valence-electron chi connectivity index (χ0n) is 20.7. The average Bonchev–Trinajstić information content (AvgIpc) is 3.42. The molecule has 4 heterocycles. The number of aliphatic hydroxyl groups excluding tert-OH is 1. The van der Waals surface area contributed by atoms with Gasteiger partial charge in [-0.3, -0.25) is 32.5 Å². The number of ether oxygens (including phenoxy) is 2. The van der Waals surface area contributed by atoms with Gasteiger partial charge in [-0.15, -0.1) is 0 Å². The maximum Gasteiger partial charge on any atom is 0.472 e. The van der Waals surface area contributed by atoms with Crippen LogP contribution >= 0.6 is 15.6 Å². The number of hydrogen-bond donors (Lipinski definition) is 6. The molecule has 19 nitrogen and oxygen atoms in total. The number of nitrogens with one attached hydrogen (secondary N) is 1. The Morgan fingerprint density at radius 3 is 2.33 bits per heavy atom. The third-order valence-electron chi connectivity index (χ3n) is 6.10. The molecular formula is C19H27N5O14P2. The van der Waals surface area contributed by atoms with E-state index in [0.717, 1.165) is 9.13 Å². The van der Waals surface area contributed by atoms with Gasteiger partial charge in [0.2, 0.25) is 0 Å². The Balaban J connectivity index is 1.45. The summed E-state index contributed by atoms with van der Waals surface area (Å²) in [4.78, 5) is 70.5. The summed E-state index contributed by atoms with van der Waals surface area (Å²) in [7, 11) is -9.99. The Bertz CT molecular complexity index is 1500. The van der Waals surface area contributed by atoms with Crippen molar-refractivity contribution in [1.82, 2.24) is 19.1 Å². The number of nitrogen functional groups attached to an aromatic ring is 1. The highest BCUT2D eigenvalue weighted by Crippen LogP contribution is 2.50. The fourth-order valence-electron chi connectivity index (χ4n) is 4.27. The molecule has 1 unspecified atom stereocenters. The topological polar surface area (TPSA) is 277 Å². The number of aromatic nitrogens is 4. The first-order valence-corrected chi connectivity index (χ1v) is 14.7. The van der Waals surface area contributed by atoms with Crippen LogP contribution in [0, 0.1) is 6.92 Å². The quantitative estimate of drug-likeness (QED) is 0.162. The van der Waals surface area contributed by atoms with Gasteiger partial charge in [0.25, 0.3) is 5.56 Å². The van der Waals surface area contributed by atoms with E-state index in [1.165, 1.54) is 25.4 Å². The number of phosphoric acid groups is 2. The number of nitrogens with two attached hydrogens (primary N) is 1. The highest BCUT2D eigenvalue weighted by molar-refractivity contribution is 7.47. The van der Waals surface area contributed by atoms with E-state index in [0.29, 0.717) is 0 Å². The van der Waals surface area contributed by atoms with E-state index in [-0.39, 0.29) is 24.2 Å². The van der Waals surface area contributed by atoms with Crippen LogP contribution in [-0.4, -0.2) is 76.5 Å². The minimum absolute atomic E-state index is 0.0691. The highest BCUT2D eigenvalue weighted by Gasteiger charge is 2.45. The zero-order chi connectivity index (χ0) is 29.4. The molecule has 0 amide bonds. The third kappa shape index (κ3) is 7.20. The highest BCUT2D eigenvalue weighted by atomic mass is 31.2. The Kier molecular flexibility index (Phi) is 8.94. The van der Waals surface area contributed by atoms with E-state index in [9.17, 15) is 43.3 Å². The maximum atomic E-state index is 12.8. The van der Waals surface area contributed by atoms with E-state index in [2.05, 4.69) is 9.97 Å². The number of nitrogens with zero attached hydrogens (tertiary/aromatic N) is 3. The minimum atomic E-state index is -5.05. The van der Waals surface area contributed by atoms with E-state index >= 15 is 0 Å². The third-order valence-corrected chi connectivity index (χ3v) is 7.66. The summed E-state index contributed by atoms with van der Waals surface area (Å²) in [6.07, 6.45) is -5.31. The van der Waals surface area contributed by atoms with Crippen molar-refractivity contribution in [3.05, 3.63) is 55.3 Å². The molecule has 21 heteroatoms. The molecule has 40 heavy (non-hydrogen) atoms. The molecule has 222 valence electrons. The SMILES string of the molecule is Cc1cn([C@H]2C[C@H](OP(=O)(O)OC[C@H]3O[C@@H](n4ccc(N)nc4=O)C[C@@H]3OP(=O)(O)O)[C@@H](CO)O2)c(=O)[nH]c1=O. The van der Waals surface area contributed by atoms with Crippen LogP contribution in [-0.2, 0) is 32.2 Å². The van der Waals surface area contributed by atoms with Gasteiger partial charge in [-0.05, 0) is 13.0 Å². The smallest absolute Gasteiger partial charge is 0.394 e. The number of rotatable bonds is 10. The van der Waals surface area contributed by atoms with Gasteiger partial charge in [0.15, 0.2) is 0 Å². The lowest BCUT2D eigenvalue weighted by atomic mass is 10.2. The fraction of sp³-hybridized carbons (Fsp3) is 0.579. The number of aromatic amines is 1. The molecule has 0 spiro atoms. The fourth-order valence-corrected chi connectivity index (χ4v) is 5.80. The molecular weight excluding hydrogens is 584 g/mol. The van der Waals surface area contributed by atoms with Crippen LogP contribution in [0.4, 0.5) is 5.82 Å². The molecule has 2 aromatic rings. The van der Waals surface area contributed by atoms with Crippen molar-refractivity contribution in [1.29, 1.82) is 0 Å². The van der Waals surface area contributed by atoms with Gasteiger partial charge in [0.05, 0.1) is 13.2 Å². The van der Waals surface area contributed by atoms with Crippen LogP contribution in [0.15, 0.2) is 32.8 Å². The lowest BCUT2D eigenvalue weighted by molar-refractivity contribution is -0.0571. The van der Waals surface area contributed by atoms with Gasteiger partial charge in [-0.1, -0.05) is 0 Å². The molecule has 0 aromatic carbocycles. The van der Waals surface area contributed by atoms with Gasteiger partial charge in [0.1, 0.15) is 42.7 Å². The average molecular weight is 611 g/mol. The number of aliphatic hydroxyl groups is 1. The molecule has 0 saturated carbocycles. The molecule has 2 aromatic heterocycles. The normalized spacial score (nSPS) is 28.5. The molecule has 0 radical (unpaired) electrons. The summed E-state index contributed by atoms with van der Waals surface area (Å²) < 4.78 is 52.3. The first-order chi connectivity index (χ1) is 18.7. The van der Waals surface area contributed by atoms with Crippen LogP contribution in [0.2, 0.25) is 0 Å². The van der Waals surface area contributed by atoms with Gasteiger partial charge in [-0.25, -0.2) is 18.7 Å². The second-order valence-electron chi connectivity index (χ2n) is 8.98. The Hall–Kier alpha value is -2.54. The molecule has 2 fully saturated rings. The van der Waals surface area contributed by atoms with Crippen LogP contribution in [0.1, 0.15) is 30.9 Å². The van der Waals surface area contributed by atoms with E-state index < -0.39 is 82.7 Å². The van der Waals surface area contributed by atoms with Gasteiger partial charge >= 0.3 is 27.0 Å². The van der Waals surface area contributed by atoms with E-state index in [4.69, 9.17) is 28.8 Å². The Morgan fingerprint density at radius 1 is 1.07 bits per heavy atom. The molecule has 2 aliphatic rings. The zero-order valence-corrected chi connectivity index (χ0v) is 22.5. The predicted octanol–water partition coefficient (Wildman–Crippen LogP) is -1.77. The summed E-state index contributed by atoms with van der Waals surface area (Å²) in [6.45, 7) is 0.0238. The summed E-state index contributed by atoms with van der Waals surface area (Å²) in [6, 6.07) is 1.29. The van der Waals surface area contributed by atoms with Crippen molar-refractivity contribution in [2.24, 2.45) is 0 Å². The number of aryl methyl sites for hydroxylation is 1. The molecule has 7 N–H and O–H groups in total. The van der Waals surface area contributed by atoms with Gasteiger partial charge in [0, 0.05) is 30.8 Å². The number of phosphoric ester groups is 2. The van der Waals surface area contributed by atoms with Crippen LogP contribution in [0.5, 0.6) is 0 Å². The van der Waals surface area contributed by atoms with Crippen molar-refractivity contribution in [2.75, 3.05) is 18.9 Å². The monoisotopic (exact) mass is 611 g/mol. The lowest BCUT2D eigenvalue weighted by Gasteiger charge is -2.23. The first-order valence-electron chi connectivity index (χ1n) is 11.6. The summed E-state index contributed by atoms with van der Waals surface area (Å²) in [5.41, 5.74) is 3.44. The molecule has 4 rings (SSSR count). The van der Waals surface area contributed by atoms with Crippen molar-refractivity contribution in [3.63, 3.8) is 0 Å². The second kappa shape index (κ2) is 11.8. The van der Waals surface area contributed by atoms with E-state index in [1.54, 1.807) is 0 Å². The van der Waals surface area contributed by atoms with Crippen molar-refractivity contribution in [3.8, 4) is 0 Å². The Labute approximate surface area is 223 Å². The number of hydrogen-bond acceptors (Lipinski definition) is 13. The van der Waals surface area contributed by atoms with Crippen molar-refractivity contribution in [2.45, 2.75) is 56.6 Å². The van der Waals surface area contributed by atoms with Gasteiger partial charge < -0.3 is 35.0 Å². The first kappa shape index (κ1) is 30.4. The molecule has 7 atom stereocenters. The summed E-state index contributed by atoms with van der Waals surface area (Å²) in [5.74, 6) is -0.0691. The maximum absolute atomic E-state index is 12.8. The lowest BCUT2D eigenvalue weighted by Crippen LogP contribution is -2.33. The largest absolute Gasteiger partial charge is 0.472 e. The Morgan fingerprint density at radius 2 is 1.70 bits per heavy atom. The standard InChI is InChI=1S/C19H27N5O14P2/c1-9-6-24(19(28)22-17(9)26)16-4-10(12(7-25)35-16)38-40(32,33)34-8-13-11(37-39(29,30)31)5-15(36-13)23-3-2-14(20)21-18(23)27/h2-3,6,10-13,15-16,25H,4-5,7-8H2,1H3,(H,32,33)(H2,20,21,27)(H,22,26,28)(H2,29,30,31)/t10-,11-,12+,13+,15+,16+/m0/s1. The van der Waals surface area contributed by atoms with Gasteiger partial charge in [-0.2, -0.15) is 4.98 Å². The van der Waals surface area contributed by atoms with Crippen LogP contribution < -0.4 is 22.7 Å². The van der Waals surface area contributed by atoms with Crippen molar-refractivity contribution < 1.29 is 52.0 Å². The van der Waals surface area contributed by atoms with Crippen molar-refractivity contribution >= 4 is 21.5 Å². The van der Waals surface area contributed by atoms with Crippen LogP contribution in [0.3, 0.4) is 0 Å². The van der Waals surface area contributed by atoms with E-state index in [1.807, 2.05) is 0 Å². The van der Waals surface area contributed by atoms with Crippen LogP contribution in [0.25, 0.3) is 0 Å². The number of H-pyrrole nitrogens is 1. The molecule has 0 bridgehead atoms. The second-order valence-corrected chi connectivity index (χ2v) is 11.6. The minimum Gasteiger partial charge on any atom is -0.394 e. The molecule has 0 aliphatic carbocycles.